The van der Waals surface area contributed by atoms with Gasteiger partial charge in [0.2, 0.25) is 11.1 Å². The van der Waals surface area contributed by atoms with Crippen LogP contribution in [0.4, 0.5) is 14.5 Å². The molecule has 11 heteroatoms. The van der Waals surface area contributed by atoms with Crippen LogP contribution in [0.5, 0.6) is 11.5 Å². The molecule has 0 unspecified atom stereocenters. The standard InChI is InChI=1S/C19H19F2N5O3S/c1-28-13-8-6-12(7-9-13)10-16-24-25-19(26(16)22)30-11-17(27)23-14-4-2-3-5-15(14)29-18(20)21/h2-9,18H,10-11,22H2,1H3,(H,23,27). The van der Waals surface area contributed by atoms with E-state index in [4.69, 9.17) is 10.6 Å². The summed E-state index contributed by atoms with van der Waals surface area (Å²) in [6.07, 6.45) is 0.457. The molecule has 2 aromatic carbocycles. The number of nitrogen functional groups attached to an aromatic ring is 1. The van der Waals surface area contributed by atoms with Crippen LogP contribution in [0.25, 0.3) is 0 Å². The van der Waals surface area contributed by atoms with Crippen molar-refractivity contribution in [1.29, 1.82) is 0 Å². The first-order valence-corrected chi connectivity index (χ1v) is 9.73. The van der Waals surface area contributed by atoms with Gasteiger partial charge in [0.25, 0.3) is 0 Å². The monoisotopic (exact) mass is 435 g/mol. The molecule has 0 atom stereocenters. The number of ether oxygens (including phenoxy) is 2. The number of carbonyl (C=O) groups is 1. The van der Waals surface area contributed by atoms with Gasteiger partial charge in [0.1, 0.15) is 11.5 Å². The van der Waals surface area contributed by atoms with Gasteiger partial charge in [-0.05, 0) is 29.8 Å². The minimum absolute atomic E-state index is 0.0408. The lowest BCUT2D eigenvalue weighted by Gasteiger charge is -2.11. The lowest BCUT2D eigenvalue weighted by atomic mass is 10.1. The Labute approximate surface area is 175 Å². The van der Waals surface area contributed by atoms with Gasteiger partial charge < -0.3 is 20.6 Å². The van der Waals surface area contributed by atoms with Crippen molar-refractivity contribution in [3.63, 3.8) is 0 Å². The number of halogens is 2. The van der Waals surface area contributed by atoms with Crippen molar-refractivity contribution in [3.05, 3.63) is 59.9 Å². The summed E-state index contributed by atoms with van der Waals surface area (Å²) in [6, 6.07) is 13.4. The van der Waals surface area contributed by atoms with E-state index in [2.05, 4.69) is 20.3 Å². The Morgan fingerprint density at radius 3 is 2.63 bits per heavy atom. The number of hydrogen-bond acceptors (Lipinski definition) is 7. The van der Waals surface area contributed by atoms with Crippen LogP contribution in [0.2, 0.25) is 0 Å². The number of methoxy groups -OCH3 is 1. The van der Waals surface area contributed by atoms with Crippen LogP contribution in [0.15, 0.2) is 53.7 Å². The summed E-state index contributed by atoms with van der Waals surface area (Å²) in [6.45, 7) is -2.99. The van der Waals surface area contributed by atoms with E-state index < -0.39 is 12.5 Å². The second-order valence-corrected chi connectivity index (χ2v) is 6.95. The summed E-state index contributed by atoms with van der Waals surface area (Å²) in [4.78, 5) is 12.2. The maximum absolute atomic E-state index is 12.5. The number of rotatable bonds is 9. The van der Waals surface area contributed by atoms with Crippen LogP contribution < -0.4 is 20.6 Å². The largest absolute Gasteiger partial charge is 0.497 e. The Balaban J connectivity index is 1.58. The molecule has 0 saturated carbocycles. The van der Waals surface area contributed by atoms with Crippen molar-refractivity contribution in [2.45, 2.75) is 18.2 Å². The summed E-state index contributed by atoms with van der Waals surface area (Å²) in [5.74, 6) is 6.73. The summed E-state index contributed by atoms with van der Waals surface area (Å²) < 4.78 is 35.8. The molecule has 1 amide bonds. The molecule has 0 spiro atoms. The second-order valence-electron chi connectivity index (χ2n) is 6.01. The van der Waals surface area contributed by atoms with E-state index in [0.29, 0.717) is 17.4 Å². The molecule has 0 aliphatic rings. The highest BCUT2D eigenvalue weighted by molar-refractivity contribution is 7.99. The predicted molar refractivity (Wildman–Crippen MR) is 108 cm³/mol. The van der Waals surface area contributed by atoms with Crippen LogP contribution >= 0.6 is 11.8 Å². The molecule has 3 N–H and O–H groups in total. The highest BCUT2D eigenvalue weighted by atomic mass is 32.2. The van der Waals surface area contributed by atoms with Crippen molar-refractivity contribution in [2.75, 3.05) is 24.0 Å². The Kier molecular flexibility index (Phi) is 7.07. The average Bonchev–Trinajstić information content (AvgIpc) is 3.07. The van der Waals surface area contributed by atoms with Gasteiger partial charge in [-0.3, -0.25) is 4.79 Å². The molecule has 3 aromatic rings. The first-order chi connectivity index (χ1) is 14.5. The van der Waals surface area contributed by atoms with Gasteiger partial charge in [0.15, 0.2) is 5.82 Å². The molecule has 158 valence electrons. The smallest absolute Gasteiger partial charge is 0.387 e. The van der Waals surface area contributed by atoms with E-state index in [1.54, 1.807) is 13.2 Å². The lowest BCUT2D eigenvalue weighted by molar-refractivity contribution is -0.113. The summed E-state index contributed by atoms with van der Waals surface area (Å²) >= 11 is 1.07. The number of carbonyl (C=O) groups excluding carboxylic acids is 1. The quantitative estimate of drug-likeness (QED) is 0.393. The zero-order valence-corrected chi connectivity index (χ0v) is 16.7. The van der Waals surface area contributed by atoms with Crippen LogP contribution in [-0.4, -0.2) is 40.3 Å². The Bertz CT molecular complexity index is 998. The third-order valence-electron chi connectivity index (χ3n) is 3.97. The number of thioether (sulfide) groups is 1. The molecule has 0 bridgehead atoms. The summed E-state index contributed by atoms with van der Waals surface area (Å²) in [5, 5.41) is 11.0. The number of benzene rings is 2. The third kappa shape index (κ3) is 5.60. The normalized spacial score (nSPS) is 10.8. The van der Waals surface area contributed by atoms with Crippen molar-refractivity contribution >= 4 is 23.4 Å². The van der Waals surface area contributed by atoms with Gasteiger partial charge in [0, 0.05) is 6.42 Å². The van der Waals surface area contributed by atoms with E-state index in [0.717, 1.165) is 23.1 Å². The fourth-order valence-electron chi connectivity index (χ4n) is 2.54. The van der Waals surface area contributed by atoms with Crippen LogP contribution in [0, 0.1) is 0 Å². The van der Waals surface area contributed by atoms with E-state index in [-0.39, 0.29) is 17.2 Å². The molecule has 0 aliphatic carbocycles. The zero-order chi connectivity index (χ0) is 21.5. The number of nitrogens with one attached hydrogen (secondary N) is 1. The molecule has 1 aromatic heterocycles. The minimum atomic E-state index is -2.99. The van der Waals surface area contributed by atoms with Crippen LogP contribution in [-0.2, 0) is 11.2 Å². The molecule has 0 saturated heterocycles. The zero-order valence-electron chi connectivity index (χ0n) is 15.9. The van der Waals surface area contributed by atoms with Gasteiger partial charge in [0.05, 0.1) is 18.6 Å². The number of para-hydroxylation sites is 2. The molecule has 0 fully saturated rings. The molecule has 0 radical (unpaired) electrons. The number of nitrogens with two attached hydrogens (primary N) is 1. The minimum Gasteiger partial charge on any atom is -0.497 e. The molecular formula is C19H19F2N5O3S. The third-order valence-corrected chi connectivity index (χ3v) is 4.91. The molecule has 3 rings (SSSR count). The summed E-state index contributed by atoms with van der Waals surface area (Å²) in [5.41, 5.74) is 1.12. The number of amides is 1. The fourth-order valence-corrected chi connectivity index (χ4v) is 3.21. The van der Waals surface area contributed by atoms with Crippen molar-refractivity contribution in [2.24, 2.45) is 0 Å². The number of aromatic nitrogens is 3. The van der Waals surface area contributed by atoms with E-state index in [9.17, 15) is 13.6 Å². The Hall–Kier alpha value is -3.34. The van der Waals surface area contributed by atoms with Crippen LogP contribution in [0.1, 0.15) is 11.4 Å². The van der Waals surface area contributed by atoms with Gasteiger partial charge >= 0.3 is 6.61 Å². The van der Waals surface area contributed by atoms with Gasteiger partial charge in [-0.1, -0.05) is 36.0 Å². The maximum Gasteiger partial charge on any atom is 0.387 e. The van der Waals surface area contributed by atoms with E-state index >= 15 is 0 Å². The van der Waals surface area contributed by atoms with Crippen molar-refractivity contribution in [3.8, 4) is 11.5 Å². The molecule has 0 aliphatic heterocycles. The molecule has 30 heavy (non-hydrogen) atoms. The second kappa shape index (κ2) is 9.92. The Morgan fingerprint density at radius 2 is 1.93 bits per heavy atom. The lowest BCUT2D eigenvalue weighted by Crippen LogP contribution is -2.18. The number of alkyl halides is 2. The maximum atomic E-state index is 12.5. The number of anilines is 1. The predicted octanol–water partition coefficient (Wildman–Crippen LogP) is 2.92. The van der Waals surface area contributed by atoms with Gasteiger partial charge in [-0.25, -0.2) is 4.68 Å². The number of nitrogens with zero attached hydrogens (tertiary/aromatic N) is 3. The van der Waals surface area contributed by atoms with Crippen LogP contribution in [0.3, 0.4) is 0 Å². The van der Waals surface area contributed by atoms with Crippen molar-refractivity contribution < 1.29 is 23.0 Å². The number of hydrogen-bond donors (Lipinski definition) is 2. The van der Waals surface area contributed by atoms with E-state index in [1.807, 2.05) is 24.3 Å². The molecule has 8 nitrogen and oxygen atoms in total. The summed E-state index contributed by atoms with van der Waals surface area (Å²) in [7, 11) is 1.59. The SMILES string of the molecule is COc1ccc(Cc2nnc(SCC(=O)Nc3ccccc3OC(F)F)n2N)cc1. The highest BCUT2D eigenvalue weighted by Crippen LogP contribution is 2.26. The van der Waals surface area contributed by atoms with Gasteiger partial charge in [-0.15, -0.1) is 10.2 Å². The Morgan fingerprint density at radius 1 is 1.20 bits per heavy atom. The topological polar surface area (TPSA) is 104 Å². The molecular weight excluding hydrogens is 416 g/mol. The fraction of sp³-hybridized carbons (Fsp3) is 0.211. The van der Waals surface area contributed by atoms with E-state index in [1.165, 1.54) is 22.9 Å². The highest BCUT2D eigenvalue weighted by Gasteiger charge is 2.15. The average molecular weight is 435 g/mol. The first-order valence-electron chi connectivity index (χ1n) is 8.75. The first kappa shape index (κ1) is 21.4. The van der Waals surface area contributed by atoms with Crippen molar-refractivity contribution in [1.82, 2.24) is 14.9 Å². The van der Waals surface area contributed by atoms with Gasteiger partial charge in [-0.2, -0.15) is 8.78 Å². The molecule has 1 heterocycles.